The Kier molecular flexibility index (Phi) is 8.41. The van der Waals surface area contributed by atoms with Gasteiger partial charge in [0.05, 0.1) is 16.7 Å². The first-order chi connectivity index (χ1) is 27.8. The van der Waals surface area contributed by atoms with Crippen LogP contribution >= 0.6 is 0 Å². The molecule has 0 fully saturated rings. The van der Waals surface area contributed by atoms with Crippen LogP contribution in [0.2, 0.25) is 0 Å². The number of hydrogen-bond acceptors (Lipinski definition) is 1. The molecule has 1 aromatic heterocycles. The molecule has 1 aliphatic rings. The van der Waals surface area contributed by atoms with Gasteiger partial charge in [-0.25, -0.2) is 0 Å². The van der Waals surface area contributed by atoms with Gasteiger partial charge in [0.2, 0.25) is 0 Å². The zero-order valence-electron chi connectivity index (χ0n) is 33.6. The highest BCUT2D eigenvalue weighted by Gasteiger charge is 2.38. The van der Waals surface area contributed by atoms with E-state index < -0.39 is 0 Å². The second-order valence-corrected chi connectivity index (χ2v) is 16.6. The van der Waals surface area contributed by atoms with Crippen LogP contribution in [0.25, 0.3) is 60.5 Å². The van der Waals surface area contributed by atoms with E-state index in [9.17, 15) is 0 Å². The van der Waals surface area contributed by atoms with E-state index in [4.69, 9.17) is 0 Å². The molecule has 278 valence electrons. The van der Waals surface area contributed by atoms with E-state index in [-0.39, 0.29) is 5.41 Å². The monoisotopic (exact) mass is 736 g/mol. The first kappa shape index (κ1) is 35.1. The van der Waals surface area contributed by atoms with E-state index in [1.165, 1.54) is 118 Å². The minimum absolute atomic E-state index is 0.250. The number of nitrogens with zero attached hydrogens (tertiary/aromatic N) is 2. The number of fused-ring (bicyclic) bond motifs is 8. The Hall–Kier alpha value is -6.38. The molecule has 0 saturated heterocycles. The summed E-state index contributed by atoms with van der Waals surface area (Å²) >= 11 is 0. The van der Waals surface area contributed by atoms with Crippen molar-refractivity contribution < 1.29 is 0 Å². The Morgan fingerprint density at radius 2 is 1.23 bits per heavy atom. The molecule has 0 N–H and O–H groups in total. The maximum Gasteiger partial charge on any atom is 0.0619 e. The molecule has 0 aliphatic heterocycles. The van der Waals surface area contributed by atoms with Crippen molar-refractivity contribution in [1.82, 2.24) is 4.57 Å². The van der Waals surface area contributed by atoms with E-state index in [1.54, 1.807) is 0 Å². The molecule has 10 rings (SSSR count). The highest BCUT2D eigenvalue weighted by atomic mass is 15.1. The van der Waals surface area contributed by atoms with Crippen molar-refractivity contribution in [3.63, 3.8) is 0 Å². The van der Waals surface area contributed by atoms with Gasteiger partial charge >= 0.3 is 0 Å². The predicted molar refractivity (Wildman–Crippen MR) is 244 cm³/mol. The summed E-state index contributed by atoms with van der Waals surface area (Å²) in [5.41, 5.74) is 18.8. The van der Waals surface area contributed by atoms with Gasteiger partial charge in [-0.05, 0) is 120 Å². The summed E-state index contributed by atoms with van der Waals surface area (Å²) in [5, 5.41) is 5.12. The molecule has 0 bridgehead atoms. The Labute approximate surface area is 336 Å². The normalized spacial score (nSPS) is 13.0. The van der Waals surface area contributed by atoms with E-state index in [0.717, 1.165) is 6.42 Å². The van der Waals surface area contributed by atoms with Gasteiger partial charge in [-0.2, -0.15) is 0 Å². The van der Waals surface area contributed by atoms with Gasteiger partial charge in [-0.1, -0.05) is 148 Å². The number of rotatable bonds is 8. The minimum atomic E-state index is -0.250. The standard InChI is InChI=1S/C55H48N2/c1-6-7-14-38-24-28-41(29-25-38)56(40-26-21-36(2)22-27-40)52-35-50-53(45-18-12-11-17-44(45)52)47-31-30-42(34-49(47)55(50,4)5)57-51-32-23-37(3)33-48(51)46-20-13-19-43(54(46)57)39-15-9-8-10-16-39/h8-13,15-35H,6-7,14H2,1-5H3. The molecule has 0 spiro atoms. The van der Waals surface area contributed by atoms with Crippen LogP contribution in [-0.4, -0.2) is 4.57 Å². The summed E-state index contributed by atoms with van der Waals surface area (Å²) < 4.78 is 2.51. The van der Waals surface area contributed by atoms with Crippen LogP contribution in [0, 0.1) is 13.8 Å². The fourth-order valence-electron chi connectivity index (χ4n) is 9.49. The lowest BCUT2D eigenvalue weighted by Gasteiger charge is -2.30. The van der Waals surface area contributed by atoms with Crippen molar-refractivity contribution in [3.8, 4) is 27.9 Å². The van der Waals surface area contributed by atoms with Crippen molar-refractivity contribution in [3.05, 3.63) is 192 Å². The second-order valence-electron chi connectivity index (χ2n) is 16.6. The van der Waals surface area contributed by atoms with Gasteiger partial charge < -0.3 is 9.47 Å². The lowest BCUT2D eigenvalue weighted by molar-refractivity contribution is 0.660. The average Bonchev–Trinajstić information content (AvgIpc) is 3.69. The number of hydrogen-bond donors (Lipinski definition) is 0. The van der Waals surface area contributed by atoms with E-state index in [0.29, 0.717) is 0 Å². The zero-order chi connectivity index (χ0) is 38.8. The lowest BCUT2D eigenvalue weighted by Crippen LogP contribution is -2.17. The third-order valence-electron chi connectivity index (χ3n) is 12.5. The molecular weight excluding hydrogens is 689 g/mol. The SMILES string of the molecule is CCCCc1ccc(N(c2ccc(C)cc2)c2cc3c(c4ccccc24)-c2ccc(-n4c5ccc(C)cc5c5cccc(-c6ccccc6)c54)cc2C3(C)C)cc1. The van der Waals surface area contributed by atoms with Crippen LogP contribution in [0.4, 0.5) is 17.1 Å². The summed E-state index contributed by atoms with van der Waals surface area (Å²) in [5.74, 6) is 0. The molecule has 0 amide bonds. The average molecular weight is 737 g/mol. The Balaban J connectivity index is 1.19. The third kappa shape index (κ3) is 5.69. The van der Waals surface area contributed by atoms with Crippen LogP contribution in [0.15, 0.2) is 164 Å². The number of anilines is 3. The third-order valence-corrected chi connectivity index (χ3v) is 12.5. The predicted octanol–water partition coefficient (Wildman–Crippen LogP) is 15.3. The topological polar surface area (TPSA) is 8.17 Å². The highest BCUT2D eigenvalue weighted by Crippen LogP contribution is 2.55. The molecule has 0 saturated carbocycles. The molecule has 8 aromatic carbocycles. The van der Waals surface area contributed by atoms with Crippen molar-refractivity contribution in [2.24, 2.45) is 0 Å². The molecule has 0 atom stereocenters. The van der Waals surface area contributed by atoms with Gasteiger partial charge in [0.25, 0.3) is 0 Å². The van der Waals surface area contributed by atoms with E-state index >= 15 is 0 Å². The molecule has 1 heterocycles. The molecule has 0 unspecified atom stereocenters. The fraction of sp³-hybridized carbons (Fsp3) is 0.164. The van der Waals surface area contributed by atoms with E-state index in [1.807, 2.05) is 0 Å². The van der Waals surface area contributed by atoms with Gasteiger partial charge in [0.1, 0.15) is 0 Å². The lowest BCUT2D eigenvalue weighted by atomic mass is 9.81. The molecule has 2 nitrogen and oxygen atoms in total. The fourth-order valence-corrected chi connectivity index (χ4v) is 9.49. The van der Waals surface area contributed by atoms with Crippen molar-refractivity contribution in [2.45, 2.75) is 59.3 Å². The number of benzene rings is 8. The van der Waals surface area contributed by atoms with Gasteiger partial charge in [0.15, 0.2) is 0 Å². The van der Waals surface area contributed by atoms with Crippen molar-refractivity contribution in [1.29, 1.82) is 0 Å². The molecular formula is C55H48N2. The highest BCUT2D eigenvalue weighted by molar-refractivity contribution is 6.14. The summed E-state index contributed by atoms with van der Waals surface area (Å²) in [6.45, 7) is 11.5. The van der Waals surface area contributed by atoms with Gasteiger partial charge in [-0.15, -0.1) is 0 Å². The van der Waals surface area contributed by atoms with E-state index in [2.05, 4.69) is 208 Å². The minimum Gasteiger partial charge on any atom is -0.310 e. The smallest absolute Gasteiger partial charge is 0.0619 e. The molecule has 0 radical (unpaired) electrons. The molecule has 9 aromatic rings. The largest absolute Gasteiger partial charge is 0.310 e. The van der Waals surface area contributed by atoms with Crippen LogP contribution in [-0.2, 0) is 11.8 Å². The maximum atomic E-state index is 2.51. The van der Waals surface area contributed by atoms with Crippen LogP contribution in [0.3, 0.4) is 0 Å². The van der Waals surface area contributed by atoms with Crippen molar-refractivity contribution >= 4 is 49.6 Å². The van der Waals surface area contributed by atoms with Crippen LogP contribution in [0.5, 0.6) is 0 Å². The van der Waals surface area contributed by atoms with Gasteiger partial charge in [0, 0.05) is 44.2 Å². The summed E-state index contributed by atoms with van der Waals surface area (Å²) in [7, 11) is 0. The number of aryl methyl sites for hydroxylation is 3. The molecule has 1 aliphatic carbocycles. The van der Waals surface area contributed by atoms with Crippen LogP contribution in [0.1, 0.15) is 61.4 Å². The summed E-state index contributed by atoms with van der Waals surface area (Å²) in [6, 6.07) is 61.6. The Bertz CT molecular complexity index is 2960. The Morgan fingerprint density at radius 1 is 0.544 bits per heavy atom. The quantitative estimate of drug-likeness (QED) is 0.151. The number of aromatic nitrogens is 1. The summed E-state index contributed by atoms with van der Waals surface area (Å²) in [6.07, 6.45) is 3.52. The van der Waals surface area contributed by atoms with Crippen molar-refractivity contribution in [2.75, 3.05) is 4.90 Å². The first-order valence-electron chi connectivity index (χ1n) is 20.6. The molecule has 2 heteroatoms. The number of unbranched alkanes of at least 4 members (excludes halogenated alkanes) is 1. The molecule has 57 heavy (non-hydrogen) atoms. The Morgan fingerprint density at radius 3 is 1.98 bits per heavy atom. The zero-order valence-corrected chi connectivity index (χ0v) is 33.6. The van der Waals surface area contributed by atoms with Gasteiger partial charge in [-0.3, -0.25) is 0 Å². The first-order valence-corrected chi connectivity index (χ1v) is 20.6. The van der Waals surface area contributed by atoms with Crippen LogP contribution < -0.4 is 4.90 Å². The second kappa shape index (κ2) is 13.7. The summed E-state index contributed by atoms with van der Waals surface area (Å²) in [4.78, 5) is 2.47. The number of para-hydroxylation sites is 1. The maximum absolute atomic E-state index is 2.51.